The van der Waals surface area contributed by atoms with Crippen molar-refractivity contribution < 1.29 is 9.47 Å². The summed E-state index contributed by atoms with van der Waals surface area (Å²) >= 11 is 0. The highest BCUT2D eigenvalue weighted by Crippen LogP contribution is 2.41. The molecule has 1 saturated heterocycles. The molecular weight excluding hydrogens is 252 g/mol. The van der Waals surface area contributed by atoms with E-state index in [4.69, 9.17) is 9.47 Å². The molecule has 118 valence electrons. The Hall–Kier alpha value is -0.160. The van der Waals surface area contributed by atoms with Crippen LogP contribution in [0.5, 0.6) is 0 Å². The van der Waals surface area contributed by atoms with Crippen LogP contribution in [0.2, 0.25) is 0 Å². The standard InChI is InChI=1S/C16H32N2O2/c1-18(2)11-13-19-12-10-17-14-15-6-9-16(20-15)7-4-3-5-8-16/h15,17H,3-14H2,1-2H3. The van der Waals surface area contributed by atoms with Crippen molar-refractivity contribution in [1.29, 1.82) is 0 Å². The minimum absolute atomic E-state index is 0.257. The Bertz CT molecular complexity index is 265. The molecule has 20 heavy (non-hydrogen) atoms. The summed E-state index contributed by atoms with van der Waals surface area (Å²) in [6, 6.07) is 0. The lowest BCUT2D eigenvalue weighted by Gasteiger charge is -2.33. The molecule has 1 aliphatic carbocycles. The molecule has 1 aliphatic heterocycles. The van der Waals surface area contributed by atoms with E-state index in [1.807, 2.05) is 0 Å². The minimum Gasteiger partial charge on any atom is -0.379 e. The number of nitrogens with one attached hydrogen (secondary N) is 1. The fraction of sp³-hybridized carbons (Fsp3) is 1.00. The average molecular weight is 284 g/mol. The summed E-state index contributed by atoms with van der Waals surface area (Å²) < 4.78 is 11.9. The van der Waals surface area contributed by atoms with Gasteiger partial charge in [0.1, 0.15) is 0 Å². The van der Waals surface area contributed by atoms with Crippen molar-refractivity contribution in [2.45, 2.75) is 56.7 Å². The summed E-state index contributed by atoms with van der Waals surface area (Å²) in [7, 11) is 4.14. The molecule has 1 N–H and O–H groups in total. The largest absolute Gasteiger partial charge is 0.379 e. The molecule has 2 aliphatic rings. The lowest BCUT2D eigenvalue weighted by Crippen LogP contribution is -2.35. The highest BCUT2D eigenvalue weighted by Gasteiger charge is 2.40. The van der Waals surface area contributed by atoms with Crippen molar-refractivity contribution in [1.82, 2.24) is 10.2 Å². The van der Waals surface area contributed by atoms with E-state index in [-0.39, 0.29) is 5.60 Å². The number of hydrogen-bond acceptors (Lipinski definition) is 4. The SMILES string of the molecule is CN(C)CCOCCNCC1CCC2(CCCCC2)O1. The van der Waals surface area contributed by atoms with Crippen molar-refractivity contribution >= 4 is 0 Å². The Kier molecular flexibility index (Phi) is 6.75. The van der Waals surface area contributed by atoms with Gasteiger partial charge in [0.15, 0.2) is 0 Å². The molecular formula is C16H32N2O2. The smallest absolute Gasteiger partial charge is 0.0708 e. The van der Waals surface area contributed by atoms with Crippen LogP contribution in [0.4, 0.5) is 0 Å². The molecule has 0 aromatic rings. The normalized spacial score (nSPS) is 25.6. The van der Waals surface area contributed by atoms with Crippen LogP contribution in [0.1, 0.15) is 44.9 Å². The molecule has 4 heteroatoms. The first-order valence-electron chi connectivity index (χ1n) is 8.31. The Labute approximate surface area is 124 Å². The van der Waals surface area contributed by atoms with Crippen LogP contribution in [0.3, 0.4) is 0 Å². The zero-order valence-corrected chi connectivity index (χ0v) is 13.3. The highest BCUT2D eigenvalue weighted by atomic mass is 16.5. The molecule has 2 fully saturated rings. The molecule has 0 amide bonds. The van der Waals surface area contributed by atoms with Gasteiger partial charge in [0.25, 0.3) is 0 Å². The zero-order chi connectivity index (χ0) is 14.3. The highest BCUT2D eigenvalue weighted by molar-refractivity contribution is 4.91. The number of hydrogen-bond donors (Lipinski definition) is 1. The summed E-state index contributed by atoms with van der Waals surface area (Å²) in [6.45, 7) is 4.52. The van der Waals surface area contributed by atoms with E-state index in [1.165, 1.54) is 44.9 Å². The maximum atomic E-state index is 6.34. The van der Waals surface area contributed by atoms with Gasteiger partial charge in [0, 0.05) is 19.6 Å². The van der Waals surface area contributed by atoms with E-state index in [0.29, 0.717) is 6.10 Å². The van der Waals surface area contributed by atoms with Gasteiger partial charge >= 0.3 is 0 Å². The van der Waals surface area contributed by atoms with Crippen molar-refractivity contribution in [3.63, 3.8) is 0 Å². The third-order valence-corrected chi connectivity index (χ3v) is 4.58. The Balaban J connectivity index is 1.48. The van der Waals surface area contributed by atoms with Gasteiger partial charge in [-0.25, -0.2) is 0 Å². The number of nitrogens with zero attached hydrogens (tertiary/aromatic N) is 1. The fourth-order valence-corrected chi connectivity index (χ4v) is 3.36. The van der Waals surface area contributed by atoms with E-state index in [9.17, 15) is 0 Å². The molecule has 4 nitrogen and oxygen atoms in total. The first-order chi connectivity index (χ1) is 9.70. The Morgan fingerprint density at radius 2 is 1.95 bits per heavy atom. The predicted octanol–water partition coefficient (Wildman–Crippen LogP) is 2.04. The molecule has 1 atom stereocenters. The van der Waals surface area contributed by atoms with Gasteiger partial charge < -0.3 is 19.7 Å². The Morgan fingerprint density at radius 3 is 2.70 bits per heavy atom. The molecule has 1 saturated carbocycles. The van der Waals surface area contributed by atoms with Crippen molar-refractivity contribution in [3.8, 4) is 0 Å². The van der Waals surface area contributed by atoms with Crippen molar-refractivity contribution in [2.24, 2.45) is 0 Å². The van der Waals surface area contributed by atoms with Crippen LogP contribution in [0.25, 0.3) is 0 Å². The second kappa shape index (κ2) is 8.32. The summed E-state index contributed by atoms with van der Waals surface area (Å²) in [5.74, 6) is 0. The van der Waals surface area contributed by atoms with Gasteiger partial charge in [-0.1, -0.05) is 19.3 Å². The van der Waals surface area contributed by atoms with E-state index in [1.54, 1.807) is 0 Å². The van der Waals surface area contributed by atoms with Gasteiger partial charge in [-0.05, 0) is 39.8 Å². The van der Waals surface area contributed by atoms with Crippen LogP contribution in [0, 0.1) is 0 Å². The van der Waals surface area contributed by atoms with Gasteiger partial charge in [-0.3, -0.25) is 0 Å². The molecule has 1 heterocycles. The topological polar surface area (TPSA) is 33.7 Å². The summed E-state index contributed by atoms with van der Waals surface area (Å²) in [6.07, 6.45) is 9.63. The zero-order valence-electron chi connectivity index (χ0n) is 13.3. The van der Waals surface area contributed by atoms with Crippen molar-refractivity contribution in [3.05, 3.63) is 0 Å². The average Bonchev–Trinajstić information content (AvgIpc) is 2.81. The van der Waals surface area contributed by atoms with Gasteiger partial charge in [0.2, 0.25) is 0 Å². The van der Waals surface area contributed by atoms with E-state index in [2.05, 4.69) is 24.3 Å². The molecule has 0 aromatic carbocycles. The molecule has 1 spiro atoms. The van der Waals surface area contributed by atoms with Crippen LogP contribution in [-0.4, -0.2) is 63.5 Å². The maximum Gasteiger partial charge on any atom is 0.0708 e. The monoisotopic (exact) mass is 284 g/mol. The fourth-order valence-electron chi connectivity index (χ4n) is 3.36. The van der Waals surface area contributed by atoms with E-state index >= 15 is 0 Å². The van der Waals surface area contributed by atoms with Crippen LogP contribution >= 0.6 is 0 Å². The summed E-state index contributed by atoms with van der Waals surface area (Å²) in [5.41, 5.74) is 0.257. The van der Waals surface area contributed by atoms with E-state index in [0.717, 1.165) is 32.8 Å². The molecule has 1 unspecified atom stereocenters. The maximum absolute atomic E-state index is 6.34. The molecule has 0 aromatic heterocycles. The summed E-state index contributed by atoms with van der Waals surface area (Å²) in [4.78, 5) is 2.14. The number of likely N-dealkylation sites (N-methyl/N-ethyl adjacent to an activating group) is 1. The quantitative estimate of drug-likeness (QED) is 0.692. The second-order valence-electron chi connectivity index (χ2n) is 6.64. The molecule has 0 bridgehead atoms. The number of ether oxygens (including phenoxy) is 2. The lowest BCUT2D eigenvalue weighted by atomic mass is 9.83. The van der Waals surface area contributed by atoms with Gasteiger partial charge in [-0.15, -0.1) is 0 Å². The molecule has 0 radical (unpaired) electrons. The van der Waals surface area contributed by atoms with Crippen LogP contribution in [-0.2, 0) is 9.47 Å². The third-order valence-electron chi connectivity index (χ3n) is 4.58. The molecule has 2 rings (SSSR count). The first-order valence-corrected chi connectivity index (χ1v) is 8.31. The van der Waals surface area contributed by atoms with Gasteiger partial charge in [0.05, 0.1) is 24.9 Å². The Morgan fingerprint density at radius 1 is 1.15 bits per heavy atom. The predicted molar refractivity (Wildman–Crippen MR) is 82.2 cm³/mol. The second-order valence-corrected chi connectivity index (χ2v) is 6.64. The van der Waals surface area contributed by atoms with Crippen LogP contribution < -0.4 is 5.32 Å². The third kappa shape index (κ3) is 5.32. The van der Waals surface area contributed by atoms with Gasteiger partial charge in [-0.2, -0.15) is 0 Å². The van der Waals surface area contributed by atoms with Crippen molar-refractivity contribution in [2.75, 3.05) is 46.9 Å². The minimum atomic E-state index is 0.257. The summed E-state index contributed by atoms with van der Waals surface area (Å²) in [5, 5.41) is 3.47. The number of rotatable bonds is 8. The lowest BCUT2D eigenvalue weighted by molar-refractivity contribution is -0.0625. The first kappa shape index (κ1) is 16.2. The van der Waals surface area contributed by atoms with E-state index < -0.39 is 0 Å². The van der Waals surface area contributed by atoms with Crippen LogP contribution in [0.15, 0.2) is 0 Å².